The number of unbranched alkanes of at least 4 members (excludes halogenated alkanes) is 2. The van der Waals surface area contributed by atoms with E-state index in [1.54, 1.807) is 0 Å². The van der Waals surface area contributed by atoms with Crippen molar-refractivity contribution < 1.29 is 4.79 Å². The maximum absolute atomic E-state index is 11.5. The maximum atomic E-state index is 11.5. The molecule has 0 saturated carbocycles. The number of hydrogen-bond acceptors (Lipinski definition) is 5. The molecule has 1 aromatic heterocycles. The summed E-state index contributed by atoms with van der Waals surface area (Å²) >= 11 is 0. The van der Waals surface area contributed by atoms with Crippen LogP contribution in [0.5, 0.6) is 0 Å². The van der Waals surface area contributed by atoms with Crippen molar-refractivity contribution in [3.63, 3.8) is 0 Å². The molecule has 1 heterocycles. The fraction of sp³-hybridized carbons (Fsp3) is 0.556. The molecule has 2 N–H and O–H groups in total. The summed E-state index contributed by atoms with van der Waals surface area (Å²) < 4.78 is 0. The topological polar surface area (TPSA) is 81.8 Å². The van der Waals surface area contributed by atoms with E-state index >= 15 is 0 Å². The van der Waals surface area contributed by atoms with Crippen LogP contribution in [-0.4, -0.2) is 20.7 Å². The number of carbonyl (C=O) groups excluding carboxylic acids is 1. The summed E-state index contributed by atoms with van der Waals surface area (Å²) in [6.07, 6.45) is 4.76. The Balaban J connectivity index is 2.52. The molecule has 0 fully saturated rings. The fourth-order valence-corrected chi connectivity index (χ4v) is 1.09. The predicted molar refractivity (Wildman–Crippen MR) is 52.7 cm³/mol. The molecule has 0 atom stereocenters. The number of aromatic nitrogens is 3. The zero-order valence-corrected chi connectivity index (χ0v) is 8.23. The highest BCUT2D eigenvalue weighted by Crippen LogP contribution is 2.04. The number of carbonyl (C=O) groups is 1. The summed E-state index contributed by atoms with van der Waals surface area (Å²) in [5, 5.41) is 0. The molecular formula is C9H14N4O. The first-order chi connectivity index (χ1) is 6.74. The number of nitrogens with two attached hydrogens (primary N) is 1. The summed E-state index contributed by atoms with van der Waals surface area (Å²) in [4.78, 5) is 22.6. The number of hydrogen-bond donors (Lipinski definition) is 1. The molecule has 0 aliphatic carbocycles. The molecule has 0 spiro atoms. The van der Waals surface area contributed by atoms with Crippen molar-refractivity contribution in [1.82, 2.24) is 15.0 Å². The minimum Gasteiger partial charge on any atom is -0.368 e. The number of Topliss-reactive ketones (excluding diaryl/α,β-unsaturated/α-hetero) is 1. The number of nitrogen functional groups attached to an aromatic ring is 1. The molecule has 0 aliphatic heterocycles. The van der Waals surface area contributed by atoms with Crippen LogP contribution in [0, 0.1) is 0 Å². The second-order valence-corrected chi connectivity index (χ2v) is 3.05. The summed E-state index contributed by atoms with van der Waals surface area (Å²) in [5.74, 6) is 0.208. The Morgan fingerprint density at radius 3 is 2.86 bits per heavy atom. The van der Waals surface area contributed by atoms with Crippen molar-refractivity contribution >= 4 is 11.7 Å². The number of rotatable bonds is 5. The average Bonchev–Trinajstić information content (AvgIpc) is 2.18. The Kier molecular flexibility index (Phi) is 3.97. The van der Waals surface area contributed by atoms with Gasteiger partial charge in [0.05, 0.1) is 0 Å². The van der Waals surface area contributed by atoms with Gasteiger partial charge in [0.2, 0.25) is 11.8 Å². The molecule has 1 aromatic rings. The average molecular weight is 194 g/mol. The first kappa shape index (κ1) is 10.6. The molecule has 0 unspecified atom stereocenters. The van der Waals surface area contributed by atoms with Crippen molar-refractivity contribution in [3.8, 4) is 0 Å². The lowest BCUT2D eigenvalue weighted by atomic mass is 10.1. The lowest BCUT2D eigenvalue weighted by molar-refractivity contribution is 0.0969. The van der Waals surface area contributed by atoms with E-state index in [4.69, 9.17) is 5.73 Å². The lowest BCUT2D eigenvalue weighted by Crippen LogP contribution is -2.08. The molecule has 0 amide bonds. The molecule has 14 heavy (non-hydrogen) atoms. The minimum atomic E-state index is -0.0625. The summed E-state index contributed by atoms with van der Waals surface area (Å²) in [6, 6.07) is 0. The summed E-state index contributed by atoms with van der Waals surface area (Å²) in [6.45, 7) is 2.09. The van der Waals surface area contributed by atoms with Gasteiger partial charge in [-0.15, -0.1) is 0 Å². The highest BCUT2D eigenvalue weighted by molar-refractivity contribution is 5.92. The fourth-order valence-electron chi connectivity index (χ4n) is 1.09. The zero-order valence-electron chi connectivity index (χ0n) is 8.23. The van der Waals surface area contributed by atoms with Gasteiger partial charge in [-0.1, -0.05) is 19.8 Å². The van der Waals surface area contributed by atoms with Crippen LogP contribution in [0.2, 0.25) is 0 Å². The standard InChI is InChI=1S/C9H14N4O/c1-2-3-4-5-7(14)8-11-6-12-9(10)13-8/h6H,2-5H2,1H3,(H2,10,11,12,13). The van der Waals surface area contributed by atoms with Crippen LogP contribution in [0.1, 0.15) is 43.2 Å². The molecule has 76 valence electrons. The van der Waals surface area contributed by atoms with Gasteiger partial charge in [-0.25, -0.2) is 9.97 Å². The monoisotopic (exact) mass is 194 g/mol. The van der Waals surface area contributed by atoms with Crippen LogP contribution in [-0.2, 0) is 0 Å². The van der Waals surface area contributed by atoms with E-state index < -0.39 is 0 Å². The van der Waals surface area contributed by atoms with Crippen LogP contribution in [0.15, 0.2) is 6.33 Å². The van der Waals surface area contributed by atoms with Crippen LogP contribution >= 0.6 is 0 Å². The molecule has 0 bridgehead atoms. The van der Waals surface area contributed by atoms with E-state index in [-0.39, 0.29) is 17.6 Å². The molecule has 5 nitrogen and oxygen atoms in total. The van der Waals surface area contributed by atoms with Gasteiger partial charge in [0, 0.05) is 6.42 Å². The molecule has 0 aliphatic rings. The lowest BCUT2D eigenvalue weighted by Gasteiger charge is -1.98. The van der Waals surface area contributed by atoms with Gasteiger partial charge in [0.25, 0.3) is 0 Å². The normalized spacial score (nSPS) is 10.1. The van der Waals surface area contributed by atoms with Gasteiger partial charge >= 0.3 is 0 Å². The van der Waals surface area contributed by atoms with E-state index in [0.29, 0.717) is 6.42 Å². The van der Waals surface area contributed by atoms with E-state index in [1.165, 1.54) is 6.33 Å². The third-order valence-electron chi connectivity index (χ3n) is 1.85. The Hall–Kier alpha value is -1.52. The largest absolute Gasteiger partial charge is 0.368 e. The first-order valence-corrected chi connectivity index (χ1v) is 4.71. The Morgan fingerprint density at radius 1 is 1.43 bits per heavy atom. The van der Waals surface area contributed by atoms with Crippen molar-refractivity contribution in [3.05, 3.63) is 12.2 Å². The van der Waals surface area contributed by atoms with Gasteiger partial charge in [0.15, 0.2) is 5.78 Å². The van der Waals surface area contributed by atoms with Gasteiger partial charge < -0.3 is 5.73 Å². The minimum absolute atomic E-state index is 0.0625. The Labute approximate surface area is 82.8 Å². The second kappa shape index (κ2) is 5.26. The van der Waals surface area contributed by atoms with Crippen LogP contribution < -0.4 is 5.73 Å². The van der Waals surface area contributed by atoms with Crippen LogP contribution in [0.4, 0.5) is 5.95 Å². The highest BCUT2D eigenvalue weighted by Gasteiger charge is 2.08. The van der Waals surface area contributed by atoms with Crippen molar-refractivity contribution in [2.75, 3.05) is 5.73 Å². The van der Waals surface area contributed by atoms with Crippen molar-refractivity contribution in [1.29, 1.82) is 0 Å². The highest BCUT2D eigenvalue weighted by atomic mass is 16.1. The van der Waals surface area contributed by atoms with Gasteiger partial charge in [-0.3, -0.25) is 4.79 Å². The third kappa shape index (κ3) is 3.08. The van der Waals surface area contributed by atoms with Crippen LogP contribution in [0.25, 0.3) is 0 Å². The molecule has 0 aromatic carbocycles. The summed E-state index contributed by atoms with van der Waals surface area (Å²) in [5.41, 5.74) is 5.34. The number of ketones is 1. The predicted octanol–water partition coefficient (Wildman–Crippen LogP) is 1.22. The molecule has 0 saturated heterocycles. The Morgan fingerprint density at radius 2 is 2.21 bits per heavy atom. The van der Waals surface area contributed by atoms with Crippen LogP contribution in [0.3, 0.4) is 0 Å². The number of anilines is 1. The van der Waals surface area contributed by atoms with Crippen molar-refractivity contribution in [2.24, 2.45) is 0 Å². The zero-order chi connectivity index (χ0) is 10.4. The maximum Gasteiger partial charge on any atom is 0.223 e. The molecule has 5 heteroatoms. The number of nitrogens with zero attached hydrogens (tertiary/aromatic N) is 3. The van der Waals surface area contributed by atoms with Gasteiger partial charge in [0.1, 0.15) is 6.33 Å². The van der Waals surface area contributed by atoms with Gasteiger partial charge in [-0.2, -0.15) is 4.98 Å². The molecule has 1 rings (SSSR count). The van der Waals surface area contributed by atoms with E-state index in [1.807, 2.05) is 0 Å². The van der Waals surface area contributed by atoms with E-state index in [9.17, 15) is 4.79 Å². The van der Waals surface area contributed by atoms with Gasteiger partial charge in [-0.05, 0) is 6.42 Å². The van der Waals surface area contributed by atoms with Crippen molar-refractivity contribution in [2.45, 2.75) is 32.6 Å². The second-order valence-electron chi connectivity index (χ2n) is 3.05. The Bertz CT molecular complexity index is 313. The molecule has 0 radical (unpaired) electrons. The smallest absolute Gasteiger partial charge is 0.223 e. The van der Waals surface area contributed by atoms with E-state index in [2.05, 4.69) is 21.9 Å². The van der Waals surface area contributed by atoms with E-state index in [0.717, 1.165) is 19.3 Å². The summed E-state index contributed by atoms with van der Waals surface area (Å²) in [7, 11) is 0. The SMILES string of the molecule is CCCCCC(=O)c1ncnc(N)n1. The quantitative estimate of drug-likeness (QED) is 0.563. The molecular weight excluding hydrogens is 180 g/mol. The first-order valence-electron chi connectivity index (χ1n) is 4.71. The third-order valence-corrected chi connectivity index (χ3v) is 1.85.